The van der Waals surface area contributed by atoms with Crippen molar-refractivity contribution < 1.29 is 14.3 Å². The summed E-state index contributed by atoms with van der Waals surface area (Å²) in [6, 6.07) is 5.40. The Morgan fingerprint density at radius 3 is 2.81 bits per heavy atom. The molecule has 1 amide bonds. The predicted octanol–water partition coefficient (Wildman–Crippen LogP) is 3.38. The maximum Gasteiger partial charge on any atom is 0.316 e. The van der Waals surface area contributed by atoms with E-state index in [9.17, 15) is 4.79 Å². The van der Waals surface area contributed by atoms with Crippen LogP contribution in [0.3, 0.4) is 0 Å². The van der Waals surface area contributed by atoms with Gasteiger partial charge in [-0.25, -0.2) is 9.97 Å². The molecule has 1 aromatic carbocycles. The topological polar surface area (TPSA) is 64.5 Å². The molecule has 1 atom stereocenters. The molecule has 6 nitrogen and oxygen atoms in total. The van der Waals surface area contributed by atoms with Crippen LogP contribution in [0.25, 0.3) is 0 Å². The van der Waals surface area contributed by atoms with E-state index in [4.69, 9.17) is 21.1 Å². The van der Waals surface area contributed by atoms with E-state index in [1.54, 1.807) is 42.6 Å². The highest BCUT2D eigenvalue weighted by Gasteiger charge is 2.28. The van der Waals surface area contributed by atoms with E-state index >= 15 is 0 Å². The Kier molecular flexibility index (Phi) is 5.93. The quantitative estimate of drug-likeness (QED) is 0.801. The Labute approximate surface area is 158 Å². The molecule has 0 N–H and O–H groups in total. The average Bonchev–Trinajstić information content (AvgIpc) is 2.68. The van der Waals surface area contributed by atoms with E-state index in [-0.39, 0.29) is 12.0 Å². The van der Waals surface area contributed by atoms with Crippen molar-refractivity contribution >= 4 is 17.5 Å². The zero-order valence-corrected chi connectivity index (χ0v) is 15.7. The fourth-order valence-corrected chi connectivity index (χ4v) is 3.14. The third-order valence-electron chi connectivity index (χ3n) is 4.42. The summed E-state index contributed by atoms with van der Waals surface area (Å²) in [6.07, 6.45) is 6.00. The van der Waals surface area contributed by atoms with Crippen molar-refractivity contribution in [3.63, 3.8) is 0 Å². The lowest BCUT2D eigenvalue weighted by atomic mass is 10.1. The second kappa shape index (κ2) is 8.36. The van der Waals surface area contributed by atoms with Crippen LogP contribution in [-0.4, -0.2) is 47.1 Å². The molecule has 7 heteroatoms. The number of aromatic nitrogens is 2. The third kappa shape index (κ3) is 4.25. The molecule has 1 aromatic heterocycles. The first-order valence-corrected chi connectivity index (χ1v) is 9.09. The van der Waals surface area contributed by atoms with Crippen molar-refractivity contribution in [3.05, 3.63) is 46.7 Å². The predicted molar refractivity (Wildman–Crippen MR) is 99.0 cm³/mol. The van der Waals surface area contributed by atoms with Crippen molar-refractivity contribution in [1.82, 2.24) is 14.9 Å². The molecule has 2 aromatic rings. The number of ether oxygens (including phenoxy) is 2. The lowest BCUT2D eigenvalue weighted by Crippen LogP contribution is -2.44. The number of benzene rings is 1. The van der Waals surface area contributed by atoms with Gasteiger partial charge in [0.1, 0.15) is 11.9 Å². The van der Waals surface area contributed by atoms with Gasteiger partial charge in [-0.05, 0) is 43.0 Å². The minimum absolute atomic E-state index is 0.111. The molecular weight excluding hydrogens is 354 g/mol. The number of likely N-dealkylation sites (tertiary alicyclic amines) is 1. The van der Waals surface area contributed by atoms with Crippen LogP contribution in [-0.2, 0) is 6.42 Å². The van der Waals surface area contributed by atoms with Gasteiger partial charge in [-0.2, -0.15) is 0 Å². The first kappa shape index (κ1) is 18.5. The SMILES string of the molecule is CCc1cnc(OC2CCCN(C(=O)c3cc(Cl)ccc3OC)C2)nc1. The Morgan fingerprint density at radius 2 is 2.12 bits per heavy atom. The molecule has 0 saturated carbocycles. The lowest BCUT2D eigenvalue weighted by molar-refractivity contribution is 0.0513. The number of hydrogen-bond donors (Lipinski definition) is 0. The number of carbonyl (C=O) groups excluding carboxylic acids is 1. The number of hydrogen-bond acceptors (Lipinski definition) is 5. The summed E-state index contributed by atoms with van der Waals surface area (Å²) in [7, 11) is 1.54. The van der Waals surface area contributed by atoms with Gasteiger partial charge >= 0.3 is 6.01 Å². The first-order valence-electron chi connectivity index (χ1n) is 8.71. The van der Waals surface area contributed by atoms with Gasteiger partial charge in [0.2, 0.25) is 0 Å². The summed E-state index contributed by atoms with van der Waals surface area (Å²) in [5, 5.41) is 0.503. The molecule has 3 rings (SSSR count). The Hall–Kier alpha value is -2.34. The van der Waals surface area contributed by atoms with E-state index < -0.39 is 0 Å². The van der Waals surface area contributed by atoms with Gasteiger partial charge in [-0.3, -0.25) is 4.79 Å². The molecule has 1 fully saturated rings. The second-order valence-electron chi connectivity index (χ2n) is 6.21. The third-order valence-corrected chi connectivity index (χ3v) is 4.65. The fraction of sp³-hybridized carbons (Fsp3) is 0.421. The number of nitrogens with zero attached hydrogens (tertiary/aromatic N) is 3. The number of piperidine rings is 1. The van der Waals surface area contributed by atoms with E-state index in [0.29, 0.717) is 35.4 Å². The molecule has 0 spiro atoms. The van der Waals surface area contributed by atoms with Crippen molar-refractivity contribution in [2.24, 2.45) is 0 Å². The number of amides is 1. The molecule has 1 aliphatic heterocycles. The summed E-state index contributed by atoms with van der Waals surface area (Å²) in [4.78, 5) is 23.2. The van der Waals surface area contributed by atoms with E-state index in [1.165, 1.54) is 0 Å². The minimum Gasteiger partial charge on any atom is -0.496 e. The molecule has 138 valence electrons. The lowest BCUT2D eigenvalue weighted by Gasteiger charge is -2.32. The van der Waals surface area contributed by atoms with Crippen LogP contribution < -0.4 is 9.47 Å². The van der Waals surface area contributed by atoms with Gasteiger partial charge in [-0.1, -0.05) is 18.5 Å². The standard InChI is InChI=1S/C19H22ClN3O3/c1-3-13-10-21-19(22-11-13)26-15-5-4-8-23(12-15)18(24)16-9-14(20)6-7-17(16)25-2/h6-7,9-11,15H,3-5,8,12H2,1-2H3. The molecule has 1 saturated heterocycles. The molecule has 26 heavy (non-hydrogen) atoms. The van der Waals surface area contributed by atoms with Gasteiger partial charge in [-0.15, -0.1) is 0 Å². The Bertz CT molecular complexity index is 767. The fourth-order valence-electron chi connectivity index (χ4n) is 2.97. The van der Waals surface area contributed by atoms with Crippen molar-refractivity contribution in [2.45, 2.75) is 32.3 Å². The Balaban J connectivity index is 1.69. The van der Waals surface area contributed by atoms with Crippen LogP contribution in [0.2, 0.25) is 5.02 Å². The van der Waals surface area contributed by atoms with Crippen LogP contribution >= 0.6 is 11.6 Å². The van der Waals surface area contributed by atoms with Gasteiger partial charge < -0.3 is 14.4 Å². The molecule has 1 aliphatic rings. The summed E-state index contributed by atoms with van der Waals surface area (Å²) in [5.41, 5.74) is 1.52. The van der Waals surface area contributed by atoms with Crippen LogP contribution in [0.5, 0.6) is 11.8 Å². The average molecular weight is 376 g/mol. The zero-order chi connectivity index (χ0) is 18.5. The molecule has 0 aliphatic carbocycles. The zero-order valence-electron chi connectivity index (χ0n) is 14.9. The molecule has 0 bridgehead atoms. The van der Waals surface area contributed by atoms with Crippen LogP contribution in [0.4, 0.5) is 0 Å². The minimum atomic E-state index is -0.134. The highest BCUT2D eigenvalue weighted by molar-refractivity contribution is 6.31. The molecular formula is C19H22ClN3O3. The van der Waals surface area contributed by atoms with Gasteiger partial charge in [0.05, 0.1) is 19.2 Å². The van der Waals surface area contributed by atoms with Gasteiger partial charge in [0.25, 0.3) is 5.91 Å². The summed E-state index contributed by atoms with van der Waals surface area (Å²) in [5.74, 6) is 0.404. The normalized spacial score (nSPS) is 17.0. The number of halogens is 1. The maximum absolute atomic E-state index is 12.9. The van der Waals surface area contributed by atoms with Crippen LogP contribution in [0.1, 0.15) is 35.7 Å². The summed E-state index contributed by atoms with van der Waals surface area (Å²) >= 11 is 6.05. The highest BCUT2D eigenvalue weighted by atomic mass is 35.5. The van der Waals surface area contributed by atoms with Crippen LogP contribution in [0.15, 0.2) is 30.6 Å². The van der Waals surface area contributed by atoms with Crippen molar-refractivity contribution in [3.8, 4) is 11.8 Å². The van der Waals surface area contributed by atoms with Crippen molar-refractivity contribution in [2.75, 3.05) is 20.2 Å². The number of carbonyl (C=O) groups is 1. The molecule has 1 unspecified atom stereocenters. The number of rotatable bonds is 5. The van der Waals surface area contributed by atoms with E-state index in [2.05, 4.69) is 9.97 Å². The van der Waals surface area contributed by atoms with Gasteiger partial charge in [0, 0.05) is 24.0 Å². The number of methoxy groups -OCH3 is 1. The van der Waals surface area contributed by atoms with E-state index in [0.717, 1.165) is 24.8 Å². The smallest absolute Gasteiger partial charge is 0.316 e. The van der Waals surface area contributed by atoms with Gasteiger partial charge in [0.15, 0.2) is 0 Å². The highest BCUT2D eigenvalue weighted by Crippen LogP contribution is 2.26. The summed E-state index contributed by atoms with van der Waals surface area (Å²) < 4.78 is 11.2. The number of aryl methyl sites for hydroxylation is 1. The molecule has 0 radical (unpaired) electrons. The molecule has 2 heterocycles. The largest absolute Gasteiger partial charge is 0.496 e. The second-order valence-corrected chi connectivity index (χ2v) is 6.64. The Morgan fingerprint density at radius 1 is 1.35 bits per heavy atom. The van der Waals surface area contributed by atoms with Crippen molar-refractivity contribution in [1.29, 1.82) is 0 Å². The van der Waals surface area contributed by atoms with Crippen LogP contribution in [0, 0.1) is 0 Å². The monoisotopic (exact) mass is 375 g/mol. The maximum atomic E-state index is 12.9. The van der Waals surface area contributed by atoms with E-state index in [1.807, 2.05) is 6.92 Å². The summed E-state index contributed by atoms with van der Waals surface area (Å²) in [6.45, 7) is 3.20. The first-order chi connectivity index (χ1) is 12.6.